The Morgan fingerprint density at radius 1 is 1.06 bits per heavy atom. The Bertz CT molecular complexity index is 960. The fourth-order valence-corrected chi connectivity index (χ4v) is 5.76. The summed E-state index contributed by atoms with van der Waals surface area (Å²) in [7, 11) is -3.57. The van der Waals surface area contributed by atoms with Crippen molar-refractivity contribution in [3.63, 3.8) is 0 Å². The van der Waals surface area contributed by atoms with Crippen LogP contribution >= 0.6 is 0 Å². The lowest BCUT2D eigenvalue weighted by molar-refractivity contribution is -0.151. The van der Waals surface area contributed by atoms with Crippen molar-refractivity contribution < 1.29 is 22.7 Å². The maximum atomic E-state index is 13.3. The van der Waals surface area contributed by atoms with Gasteiger partial charge in [0.2, 0.25) is 0 Å². The number of ether oxygens (including phenoxy) is 2. The molecule has 2 aromatic rings. The summed E-state index contributed by atoms with van der Waals surface area (Å²) in [5.41, 5.74) is 1.08. The van der Waals surface area contributed by atoms with E-state index in [0.29, 0.717) is 31.9 Å². The molecule has 3 rings (SSSR count). The zero-order valence-electron chi connectivity index (χ0n) is 18.9. The molecule has 0 amide bonds. The first-order valence-electron chi connectivity index (χ1n) is 11.4. The Labute approximate surface area is 191 Å². The largest absolute Gasteiger partial charge is 0.494 e. The van der Waals surface area contributed by atoms with E-state index in [1.54, 1.807) is 31.2 Å². The molecule has 174 valence electrons. The summed E-state index contributed by atoms with van der Waals surface area (Å²) in [6.07, 6.45) is 2.69. The van der Waals surface area contributed by atoms with E-state index in [0.717, 1.165) is 18.4 Å². The van der Waals surface area contributed by atoms with Gasteiger partial charge in [0.15, 0.2) is 9.84 Å². The second kappa shape index (κ2) is 11.5. The maximum absolute atomic E-state index is 13.3. The smallest absolute Gasteiger partial charge is 0.323 e. The van der Waals surface area contributed by atoms with Crippen LogP contribution in [-0.2, 0) is 25.9 Å². The van der Waals surface area contributed by atoms with E-state index in [2.05, 4.69) is 6.92 Å². The van der Waals surface area contributed by atoms with Crippen molar-refractivity contribution in [1.82, 2.24) is 4.90 Å². The predicted molar refractivity (Wildman–Crippen MR) is 124 cm³/mol. The molecule has 0 saturated carbocycles. The summed E-state index contributed by atoms with van der Waals surface area (Å²) in [6, 6.07) is 15.9. The van der Waals surface area contributed by atoms with Gasteiger partial charge in [-0.2, -0.15) is 0 Å². The van der Waals surface area contributed by atoms with Gasteiger partial charge >= 0.3 is 5.97 Å². The van der Waals surface area contributed by atoms with Crippen LogP contribution in [0.5, 0.6) is 5.75 Å². The molecule has 2 aromatic carbocycles. The molecule has 0 aliphatic carbocycles. The van der Waals surface area contributed by atoms with Crippen LogP contribution in [0.4, 0.5) is 0 Å². The summed E-state index contributed by atoms with van der Waals surface area (Å²) in [4.78, 5) is 15.0. The topological polar surface area (TPSA) is 72.9 Å². The second-order valence-electron chi connectivity index (χ2n) is 8.09. The highest BCUT2D eigenvalue weighted by Crippen LogP contribution is 2.30. The molecule has 1 aliphatic heterocycles. The number of carbonyl (C=O) groups excluding carboxylic acids is 1. The van der Waals surface area contributed by atoms with Crippen LogP contribution in [-0.4, -0.2) is 50.3 Å². The number of hydrogen-bond donors (Lipinski definition) is 0. The van der Waals surface area contributed by atoms with Crippen molar-refractivity contribution in [2.24, 2.45) is 0 Å². The van der Waals surface area contributed by atoms with Gasteiger partial charge in [-0.1, -0.05) is 43.7 Å². The third kappa shape index (κ3) is 6.11. The lowest BCUT2D eigenvalue weighted by Crippen LogP contribution is -2.50. The number of hydrogen-bond acceptors (Lipinski definition) is 6. The quantitative estimate of drug-likeness (QED) is 0.391. The van der Waals surface area contributed by atoms with Crippen molar-refractivity contribution >= 4 is 15.8 Å². The molecule has 1 saturated heterocycles. The monoisotopic (exact) mass is 459 g/mol. The molecule has 0 bridgehead atoms. The van der Waals surface area contributed by atoms with Crippen molar-refractivity contribution in [1.29, 1.82) is 0 Å². The van der Waals surface area contributed by atoms with E-state index < -0.39 is 21.1 Å². The molecular formula is C25H33NO5S. The molecule has 7 heteroatoms. The first-order valence-corrected chi connectivity index (χ1v) is 12.9. The fraction of sp³-hybridized carbons (Fsp3) is 0.480. The molecule has 2 atom stereocenters. The van der Waals surface area contributed by atoms with Crippen molar-refractivity contribution in [2.75, 3.05) is 19.8 Å². The Kier molecular flexibility index (Phi) is 8.70. The summed E-state index contributed by atoms with van der Waals surface area (Å²) in [5.74, 6) is 0.308. The maximum Gasteiger partial charge on any atom is 0.323 e. The number of nitrogens with zero attached hydrogens (tertiary/aromatic N) is 1. The molecule has 0 radical (unpaired) electrons. The Balaban J connectivity index is 1.74. The highest BCUT2D eigenvalue weighted by Gasteiger charge is 2.40. The third-order valence-corrected chi connectivity index (χ3v) is 8.05. The van der Waals surface area contributed by atoms with Crippen molar-refractivity contribution in [2.45, 2.75) is 62.3 Å². The van der Waals surface area contributed by atoms with Gasteiger partial charge in [0.05, 0.1) is 23.4 Å². The van der Waals surface area contributed by atoms with E-state index >= 15 is 0 Å². The van der Waals surface area contributed by atoms with Gasteiger partial charge in [0.25, 0.3) is 0 Å². The minimum atomic E-state index is -3.57. The highest BCUT2D eigenvalue weighted by molar-refractivity contribution is 7.92. The van der Waals surface area contributed by atoms with Gasteiger partial charge in [0.1, 0.15) is 11.8 Å². The Morgan fingerprint density at radius 2 is 1.78 bits per heavy atom. The van der Waals surface area contributed by atoms with Crippen LogP contribution in [0.3, 0.4) is 0 Å². The number of benzene rings is 2. The molecule has 2 unspecified atom stereocenters. The normalized spacial score (nSPS) is 19.4. The van der Waals surface area contributed by atoms with Gasteiger partial charge in [-0.25, -0.2) is 8.42 Å². The van der Waals surface area contributed by atoms with Crippen LogP contribution in [0.15, 0.2) is 59.5 Å². The lowest BCUT2D eigenvalue weighted by Gasteiger charge is -2.37. The number of esters is 1. The zero-order chi connectivity index (χ0) is 23.0. The van der Waals surface area contributed by atoms with Gasteiger partial charge < -0.3 is 9.47 Å². The summed E-state index contributed by atoms with van der Waals surface area (Å²) >= 11 is 0. The number of carbonyl (C=O) groups is 1. The number of unbranched alkanes of at least 4 members (excludes halogenated alkanes) is 1. The van der Waals surface area contributed by atoms with E-state index in [9.17, 15) is 13.2 Å². The average molecular weight is 460 g/mol. The lowest BCUT2D eigenvalue weighted by atomic mass is 10.0. The van der Waals surface area contributed by atoms with Gasteiger partial charge in [-0.15, -0.1) is 0 Å². The highest BCUT2D eigenvalue weighted by atomic mass is 32.2. The van der Waals surface area contributed by atoms with Crippen LogP contribution in [0.1, 0.15) is 45.1 Å². The fourth-order valence-electron chi connectivity index (χ4n) is 4.01. The van der Waals surface area contributed by atoms with Crippen molar-refractivity contribution in [3.05, 3.63) is 60.2 Å². The summed E-state index contributed by atoms with van der Waals surface area (Å²) in [6.45, 7) is 5.84. The summed E-state index contributed by atoms with van der Waals surface area (Å²) < 4.78 is 37.6. The Morgan fingerprint density at radius 3 is 2.44 bits per heavy atom. The Hall–Kier alpha value is -2.38. The first-order chi connectivity index (χ1) is 15.5. The molecular weight excluding hydrogens is 426 g/mol. The van der Waals surface area contributed by atoms with Gasteiger partial charge in [-0.05, 0) is 56.0 Å². The molecule has 0 spiro atoms. The number of piperidine rings is 1. The van der Waals surface area contributed by atoms with Gasteiger partial charge in [-0.3, -0.25) is 9.69 Å². The number of likely N-dealkylation sites (tertiary alicyclic amines) is 1. The minimum Gasteiger partial charge on any atom is -0.494 e. The van der Waals surface area contributed by atoms with E-state index in [1.807, 2.05) is 35.2 Å². The molecule has 1 aliphatic rings. The standard InChI is InChI=1S/C25H33NO5S/c1-3-5-17-31-21-11-13-22(14-12-21)32(28,29)23-15-16-26(19-20-9-7-6-8-10-20)24(18-23)25(27)30-4-2/h6-14,23-24H,3-5,15-19H2,1-2H3. The molecule has 1 fully saturated rings. The second-order valence-corrected chi connectivity index (χ2v) is 10.3. The molecule has 1 heterocycles. The molecule has 6 nitrogen and oxygen atoms in total. The SMILES string of the molecule is CCCCOc1ccc(S(=O)(=O)C2CCN(Cc3ccccc3)C(C(=O)OCC)C2)cc1. The molecule has 32 heavy (non-hydrogen) atoms. The van der Waals surface area contributed by atoms with E-state index in [4.69, 9.17) is 9.47 Å². The van der Waals surface area contributed by atoms with Crippen LogP contribution in [0, 0.1) is 0 Å². The van der Waals surface area contributed by atoms with Crippen LogP contribution in [0.2, 0.25) is 0 Å². The van der Waals surface area contributed by atoms with Crippen LogP contribution < -0.4 is 4.74 Å². The average Bonchev–Trinajstić information content (AvgIpc) is 2.80. The van der Waals surface area contributed by atoms with E-state index in [1.165, 1.54) is 0 Å². The first kappa shape index (κ1) is 24.3. The summed E-state index contributed by atoms with van der Waals surface area (Å²) in [5, 5.41) is -0.629. The molecule has 0 N–H and O–H groups in total. The minimum absolute atomic E-state index is 0.225. The number of sulfone groups is 1. The third-order valence-electron chi connectivity index (χ3n) is 5.81. The van der Waals surface area contributed by atoms with Crippen molar-refractivity contribution in [3.8, 4) is 5.75 Å². The van der Waals surface area contributed by atoms with Gasteiger partial charge in [0, 0.05) is 13.1 Å². The van der Waals surface area contributed by atoms with E-state index in [-0.39, 0.29) is 23.9 Å². The molecule has 0 aromatic heterocycles. The number of rotatable bonds is 10. The predicted octanol–water partition coefficient (Wildman–Crippen LogP) is 4.24. The van der Waals surface area contributed by atoms with Crippen LogP contribution in [0.25, 0.3) is 0 Å². The zero-order valence-corrected chi connectivity index (χ0v) is 19.7.